The summed E-state index contributed by atoms with van der Waals surface area (Å²) < 4.78 is 74.9. The van der Waals surface area contributed by atoms with Gasteiger partial charge in [-0.25, -0.2) is 8.78 Å². The standard InChI is InChI=1S/C34H44F4O3/c1-2-3-4-5-23-6-8-24(9-7-23)27-21-39-33(40-22-27)26-12-19-31(32(36)20-26)25-10-13-28(14-11-25)34(37,38)41-30-17-15-29(35)16-18-30/h12,15-20,23-25,27-28,33H,2-11,13-14,21-22H2,1H3. The summed E-state index contributed by atoms with van der Waals surface area (Å²) >= 11 is 0. The number of ether oxygens (including phenoxy) is 3. The first-order chi connectivity index (χ1) is 19.8. The van der Waals surface area contributed by atoms with Crippen LogP contribution in [0.25, 0.3) is 0 Å². The van der Waals surface area contributed by atoms with Crippen molar-refractivity contribution in [1.82, 2.24) is 0 Å². The number of benzene rings is 2. The van der Waals surface area contributed by atoms with Crippen LogP contribution < -0.4 is 4.74 Å². The fourth-order valence-corrected chi connectivity index (χ4v) is 7.12. The van der Waals surface area contributed by atoms with Crippen molar-refractivity contribution in [2.24, 2.45) is 23.7 Å². The van der Waals surface area contributed by atoms with Crippen LogP contribution in [0.1, 0.15) is 107 Å². The molecule has 3 aliphatic rings. The molecule has 226 valence electrons. The molecular formula is C34H44F4O3. The highest BCUT2D eigenvalue weighted by Gasteiger charge is 2.44. The third-order valence-corrected chi connectivity index (χ3v) is 9.70. The third-order valence-electron chi connectivity index (χ3n) is 9.70. The van der Waals surface area contributed by atoms with Crippen molar-refractivity contribution in [2.45, 2.75) is 102 Å². The number of halogens is 4. The van der Waals surface area contributed by atoms with Crippen LogP contribution in [0.5, 0.6) is 5.75 Å². The Bertz CT molecular complexity index is 1080. The molecule has 2 saturated carbocycles. The molecule has 0 aromatic heterocycles. The monoisotopic (exact) mass is 576 g/mol. The van der Waals surface area contributed by atoms with Crippen molar-refractivity contribution in [1.29, 1.82) is 0 Å². The van der Waals surface area contributed by atoms with Crippen molar-refractivity contribution in [3.05, 3.63) is 65.2 Å². The van der Waals surface area contributed by atoms with Crippen molar-refractivity contribution >= 4 is 0 Å². The lowest BCUT2D eigenvalue weighted by Crippen LogP contribution is -2.37. The minimum atomic E-state index is -3.37. The summed E-state index contributed by atoms with van der Waals surface area (Å²) in [5, 5.41) is 0. The molecule has 0 radical (unpaired) electrons. The molecule has 2 aromatic carbocycles. The number of hydrogen-bond acceptors (Lipinski definition) is 3. The van der Waals surface area contributed by atoms with Gasteiger partial charge in [-0.1, -0.05) is 57.6 Å². The lowest BCUT2D eigenvalue weighted by Gasteiger charge is -2.38. The SMILES string of the molecule is CCCCCC1CCC(C2COC(c3ccc(C4CCC(C(F)(F)Oc5ccc(F)cc5)CC4)c(F)c3)OC2)CC1. The smallest absolute Gasteiger partial charge is 0.400 e. The van der Waals surface area contributed by atoms with Gasteiger partial charge < -0.3 is 14.2 Å². The average molecular weight is 577 g/mol. The van der Waals surface area contributed by atoms with E-state index in [-0.39, 0.29) is 30.3 Å². The minimum absolute atomic E-state index is 0.0659. The summed E-state index contributed by atoms with van der Waals surface area (Å²) in [5.41, 5.74) is 1.22. The molecule has 5 rings (SSSR count). The van der Waals surface area contributed by atoms with E-state index >= 15 is 4.39 Å². The molecule has 7 heteroatoms. The number of rotatable bonds is 10. The van der Waals surface area contributed by atoms with E-state index in [2.05, 4.69) is 6.92 Å². The Balaban J connectivity index is 1.08. The van der Waals surface area contributed by atoms with Gasteiger partial charge in [0.15, 0.2) is 6.29 Å². The van der Waals surface area contributed by atoms with E-state index in [9.17, 15) is 13.2 Å². The minimum Gasteiger partial charge on any atom is -0.432 e. The lowest BCUT2D eigenvalue weighted by atomic mass is 9.74. The maximum Gasteiger partial charge on any atom is 0.400 e. The summed E-state index contributed by atoms with van der Waals surface area (Å²) in [6, 6.07) is 9.69. The highest BCUT2D eigenvalue weighted by molar-refractivity contribution is 5.29. The van der Waals surface area contributed by atoms with Crippen LogP contribution in [-0.2, 0) is 9.47 Å². The zero-order valence-electron chi connectivity index (χ0n) is 24.1. The van der Waals surface area contributed by atoms with Gasteiger partial charge in [0.25, 0.3) is 0 Å². The van der Waals surface area contributed by atoms with E-state index < -0.39 is 24.1 Å². The molecule has 41 heavy (non-hydrogen) atoms. The van der Waals surface area contributed by atoms with Crippen LogP contribution >= 0.6 is 0 Å². The van der Waals surface area contributed by atoms with Crippen LogP contribution in [0.15, 0.2) is 42.5 Å². The van der Waals surface area contributed by atoms with Gasteiger partial charge in [-0.15, -0.1) is 0 Å². The van der Waals surface area contributed by atoms with Gasteiger partial charge in [0.05, 0.1) is 19.1 Å². The Kier molecular flexibility index (Phi) is 10.3. The van der Waals surface area contributed by atoms with E-state index in [0.717, 1.165) is 18.1 Å². The fourth-order valence-electron chi connectivity index (χ4n) is 7.12. The first kappa shape index (κ1) is 30.3. The first-order valence-electron chi connectivity index (χ1n) is 15.7. The molecule has 2 aromatic rings. The van der Waals surface area contributed by atoms with Gasteiger partial charge in [-0.3, -0.25) is 0 Å². The van der Waals surface area contributed by atoms with Crippen molar-refractivity contribution in [3.8, 4) is 5.75 Å². The molecule has 0 amide bonds. The summed E-state index contributed by atoms with van der Waals surface area (Å²) in [6.45, 7) is 3.53. The molecule has 0 N–H and O–H groups in total. The highest BCUT2D eigenvalue weighted by Crippen LogP contribution is 2.44. The molecule has 1 aliphatic heterocycles. The molecule has 3 nitrogen and oxygen atoms in total. The quantitative estimate of drug-likeness (QED) is 0.208. The summed E-state index contributed by atoms with van der Waals surface area (Å²) in [5.74, 6) is -0.103. The second-order valence-electron chi connectivity index (χ2n) is 12.5. The molecule has 1 saturated heterocycles. The van der Waals surface area contributed by atoms with Crippen LogP contribution in [0.2, 0.25) is 0 Å². The zero-order valence-corrected chi connectivity index (χ0v) is 24.1. The third kappa shape index (κ3) is 7.84. The Labute approximate surface area is 242 Å². The second kappa shape index (κ2) is 13.9. The summed E-state index contributed by atoms with van der Waals surface area (Å²) in [7, 11) is 0. The average Bonchev–Trinajstić information content (AvgIpc) is 2.99. The fraction of sp³-hybridized carbons (Fsp3) is 0.647. The predicted octanol–water partition coefficient (Wildman–Crippen LogP) is 9.96. The van der Waals surface area contributed by atoms with E-state index in [1.54, 1.807) is 6.07 Å². The Morgan fingerprint density at radius 1 is 0.805 bits per heavy atom. The molecule has 1 heterocycles. The van der Waals surface area contributed by atoms with Crippen molar-refractivity contribution in [2.75, 3.05) is 13.2 Å². The predicted molar refractivity (Wildman–Crippen MR) is 151 cm³/mol. The second-order valence-corrected chi connectivity index (χ2v) is 12.5. The van der Waals surface area contributed by atoms with Gasteiger partial charge in [-0.05, 0) is 92.2 Å². The first-order valence-corrected chi connectivity index (χ1v) is 15.7. The Morgan fingerprint density at radius 3 is 2.12 bits per heavy atom. The van der Waals surface area contributed by atoms with E-state index in [0.29, 0.717) is 49.0 Å². The van der Waals surface area contributed by atoms with Crippen molar-refractivity contribution in [3.63, 3.8) is 0 Å². The molecular weight excluding hydrogens is 532 g/mol. The van der Waals surface area contributed by atoms with Crippen LogP contribution in [-0.4, -0.2) is 19.3 Å². The number of hydrogen-bond donors (Lipinski definition) is 0. The van der Waals surface area contributed by atoms with Gasteiger partial charge in [0.2, 0.25) is 0 Å². The maximum absolute atomic E-state index is 15.2. The van der Waals surface area contributed by atoms with Crippen LogP contribution in [0.4, 0.5) is 17.6 Å². The van der Waals surface area contributed by atoms with Crippen LogP contribution in [0.3, 0.4) is 0 Å². The maximum atomic E-state index is 15.2. The Morgan fingerprint density at radius 2 is 1.49 bits per heavy atom. The normalized spacial score (nSPS) is 29.3. The van der Waals surface area contributed by atoms with Gasteiger partial charge >= 0.3 is 6.11 Å². The van der Waals surface area contributed by atoms with E-state index in [1.165, 1.54) is 69.6 Å². The molecule has 2 aliphatic carbocycles. The molecule has 0 spiro atoms. The lowest BCUT2D eigenvalue weighted by molar-refractivity contribution is -0.222. The van der Waals surface area contributed by atoms with Gasteiger partial charge in [0, 0.05) is 11.5 Å². The number of alkyl halides is 2. The summed E-state index contributed by atoms with van der Waals surface area (Å²) in [6.07, 6.45) is 7.82. The summed E-state index contributed by atoms with van der Waals surface area (Å²) in [4.78, 5) is 0. The molecule has 3 fully saturated rings. The zero-order chi connectivity index (χ0) is 28.8. The molecule has 0 bridgehead atoms. The highest BCUT2D eigenvalue weighted by atomic mass is 19.3. The van der Waals surface area contributed by atoms with Gasteiger partial charge in [0.1, 0.15) is 17.4 Å². The molecule has 0 atom stereocenters. The molecule has 0 unspecified atom stereocenters. The number of unbranched alkanes of at least 4 members (excludes halogenated alkanes) is 2. The van der Waals surface area contributed by atoms with E-state index in [1.807, 2.05) is 6.07 Å². The van der Waals surface area contributed by atoms with Crippen LogP contribution in [0, 0.1) is 35.3 Å². The Hall–Kier alpha value is -2.12. The topological polar surface area (TPSA) is 27.7 Å². The van der Waals surface area contributed by atoms with Crippen molar-refractivity contribution < 1.29 is 31.8 Å². The largest absolute Gasteiger partial charge is 0.432 e. The van der Waals surface area contributed by atoms with Gasteiger partial charge in [-0.2, -0.15) is 8.78 Å². The van der Waals surface area contributed by atoms with E-state index in [4.69, 9.17) is 14.2 Å².